The molecule has 0 aromatic rings. The molecule has 12 rings (SSSR count). The highest BCUT2D eigenvalue weighted by Gasteiger charge is 2.73. The predicted octanol–water partition coefficient (Wildman–Crippen LogP) is -4.80. The van der Waals surface area contributed by atoms with E-state index < -0.39 is 269 Å². The van der Waals surface area contributed by atoms with Gasteiger partial charge in [-0.1, -0.05) is 60.1 Å². The van der Waals surface area contributed by atoms with Crippen molar-refractivity contribution in [1.29, 1.82) is 0 Å². The maximum Gasteiger partial charge on any atom is 0.337 e. The van der Waals surface area contributed by atoms with Crippen molar-refractivity contribution in [3.8, 4) is 0 Å². The average Bonchev–Trinajstić information content (AvgIpc) is 0.671. The SMILES string of the molecule is COC(=O)C1OC(OC2CCC3(C)C(CCC4(C)C3CC=C3C5CC(C)(C)CCC5(C(=O)OC5OCC(O)C(OC6OC(C)C(O)C(O)C6O)C5OC5OC(C)C(OC6OCC(O)C(OC7OCC(O)C(O)C7O)C6O)C(O)C5O)C(O)CC34C)C2(C)C)C(O)C(OC2OCC(O)C(O)C2O)C1O. The van der Waals surface area contributed by atoms with Crippen LogP contribution in [0, 0.1) is 50.2 Å². The topological polar surface area (TPSA) is 517 Å². The monoisotopic (exact) mass is 1480 g/mol. The molecule has 34 nitrogen and oxygen atoms in total. The molecule has 11 fully saturated rings. The van der Waals surface area contributed by atoms with Crippen LogP contribution in [0.3, 0.4) is 0 Å². The highest BCUT2D eigenvalue weighted by molar-refractivity contribution is 5.80. The van der Waals surface area contributed by atoms with Crippen LogP contribution in [-0.4, -0.2) is 335 Å². The quantitative estimate of drug-likeness (QED) is 0.0416. The summed E-state index contributed by atoms with van der Waals surface area (Å²) in [6.07, 6.45) is -48.3. The van der Waals surface area contributed by atoms with Gasteiger partial charge in [0.25, 0.3) is 0 Å². The molecule has 590 valence electrons. The van der Waals surface area contributed by atoms with E-state index in [1.54, 1.807) is 0 Å². The zero-order valence-corrected chi connectivity index (χ0v) is 59.6. The van der Waals surface area contributed by atoms with E-state index in [0.717, 1.165) is 12.7 Å². The van der Waals surface area contributed by atoms with Gasteiger partial charge in [-0.3, -0.25) is 4.79 Å². The number of fused-ring (bicyclic) bond motifs is 7. The summed E-state index contributed by atoms with van der Waals surface area (Å²) < 4.78 is 89.1. The fourth-order valence-electron chi connectivity index (χ4n) is 20.0. The Bertz CT molecular complexity index is 2980. The van der Waals surface area contributed by atoms with Crippen LogP contribution in [0.2, 0.25) is 0 Å². The number of hydrogen-bond acceptors (Lipinski definition) is 34. The molecule has 103 heavy (non-hydrogen) atoms. The van der Waals surface area contributed by atoms with Gasteiger partial charge in [-0.15, -0.1) is 0 Å². The Hall–Kier alpha value is -2.52. The molecule has 40 unspecified atom stereocenters. The highest BCUT2D eigenvalue weighted by Crippen LogP contribution is 2.76. The minimum absolute atomic E-state index is 0.00405. The van der Waals surface area contributed by atoms with Crippen LogP contribution in [-0.2, 0) is 80.6 Å². The summed E-state index contributed by atoms with van der Waals surface area (Å²) in [6, 6.07) is 0. The van der Waals surface area contributed by atoms with E-state index in [4.69, 9.17) is 71.1 Å². The summed E-state index contributed by atoms with van der Waals surface area (Å²) in [6.45, 7) is 15.9. The molecular formula is C69H110O34. The van der Waals surface area contributed by atoms with Gasteiger partial charge in [0.2, 0.25) is 6.29 Å². The molecule has 0 radical (unpaired) electrons. The van der Waals surface area contributed by atoms with Gasteiger partial charge in [0.05, 0.1) is 58.0 Å². The number of allylic oxidation sites excluding steroid dienone is 2. The zero-order chi connectivity index (χ0) is 75.0. The molecule has 34 heteroatoms. The minimum Gasteiger partial charge on any atom is -0.467 e. The van der Waals surface area contributed by atoms with E-state index in [9.17, 15) is 91.6 Å². The molecule has 0 aromatic heterocycles. The molecule has 17 N–H and O–H groups in total. The summed E-state index contributed by atoms with van der Waals surface area (Å²) in [5, 5.41) is 189. The number of carbonyl (C=O) groups excluding carboxylic acids is 2. The van der Waals surface area contributed by atoms with Crippen molar-refractivity contribution in [2.45, 2.75) is 323 Å². The lowest BCUT2D eigenvalue weighted by Crippen LogP contribution is -2.69. The molecule has 5 aliphatic carbocycles. The highest BCUT2D eigenvalue weighted by atomic mass is 16.8. The maximum atomic E-state index is 16.0. The third-order valence-corrected chi connectivity index (χ3v) is 26.3. The summed E-state index contributed by atoms with van der Waals surface area (Å²) in [5.74, 6) is -2.55. The Kier molecular flexibility index (Phi) is 23.3. The number of rotatable bonds is 15. The number of esters is 2. The van der Waals surface area contributed by atoms with Crippen molar-refractivity contribution in [3.05, 3.63) is 11.6 Å². The molecule has 12 aliphatic rings. The van der Waals surface area contributed by atoms with E-state index >= 15 is 4.79 Å². The van der Waals surface area contributed by atoms with Gasteiger partial charge >= 0.3 is 11.9 Å². The predicted molar refractivity (Wildman–Crippen MR) is 340 cm³/mol. The first kappa shape index (κ1) is 80.0. The smallest absolute Gasteiger partial charge is 0.337 e. The standard InChI is InChI=1S/C69H110O34/c1-25-37(75)40(78)44(82)59(94-25)99-51-32(73)24-93-62(54(51)102-60-45(83)41(79)49(26(2)95-60)97-58-47(85)50(31(72)23-92-58)98-56-42(80)38(76)29(70)21-90-56)103-63(88)69-18-17-64(3,4)19-28(69)27-11-12-34-66(7)15-14-36(65(5,6)33(66)13-16-67(34,8)68(27,9)20-35(69)74)96-61-48(86)52(46(84)53(101-61)55(87)89-10)100-57-43(81)39(77)30(71)22-91-57/h11,25-26,28-54,56-62,70-86H,12-24H2,1-10H3. The molecule has 0 spiro atoms. The third kappa shape index (κ3) is 13.9. The second kappa shape index (κ2) is 30.0. The molecule has 7 aliphatic heterocycles. The Morgan fingerprint density at radius 3 is 1.57 bits per heavy atom. The maximum absolute atomic E-state index is 16.0. The van der Waals surface area contributed by atoms with E-state index in [-0.39, 0.29) is 35.5 Å². The molecule has 0 amide bonds. The fraction of sp³-hybridized carbons (Fsp3) is 0.942. The first-order valence-corrected chi connectivity index (χ1v) is 36.2. The largest absolute Gasteiger partial charge is 0.467 e. The van der Waals surface area contributed by atoms with Gasteiger partial charge in [-0.05, 0) is 116 Å². The van der Waals surface area contributed by atoms with Crippen molar-refractivity contribution in [1.82, 2.24) is 0 Å². The van der Waals surface area contributed by atoms with Crippen LogP contribution in [0.4, 0.5) is 0 Å². The summed E-state index contributed by atoms with van der Waals surface area (Å²) in [7, 11) is 1.09. The van der Waals surface area contributed by atoms with Crippen LogP contribution in [0.1, 0.15) is 120 Å². The number of methoxy groups -OCH3 is 1. The Morgan fingerprint density at radius 1 is 0.447 bits per heavy atom. The van der Waals surface area contributed by atoms with E-state index in [2.05, 4.69) is 54.5 Å². The lowest BCUT2D eigenvalue weighted by Gasteiger charge is -2.71. The Balaban J connectivity index is 0.787. The molecule has 7 saturated heterocycles. The van der Waals surface area contributed by atoms with Gasteiger partial charge in [0.15, 0.2) is 49.9 Å². The number of ether oxygens (including phenoxy) is 15. The normalized spacial score (nSPS) is 54.3. The van der Waals surface area contributed by atoms with E-state index in [1.165, 1.54) is 13.8 Å². The molecule has 0 aromatic carbocycles. The lowest BCUT2D eigenvalue weighted by molar-refractivity contribution is -0.387. The van der Waals surface area contributed by atoms with Crippen molar-refractivity contribution in [2.24, 2.45) is 50.2 Å². The van der Waals surface area contributed by atoms with Crippen molar-refractivity contribution < 1.29 is 167 Å². The van der Waals surface area contributed by atoms with Crippen molar-refractivity contribution >= 4 is 11.9 Å². The van der Waals surface area contributed by atoms with Crippen molar-refractivity contribution in [3.63, 3.8) is 0 Å². The van der Waals surface area contributed by atoms with Gasteiger partial charge < -0.3 is 158 Å². The molecule has 40 atom stereocenters. The number of carbonyl (C=O) groups is 2. The van der Waals surface area contributed by atoms with E-state index in [1.807, 2.05) is 0 Å². The first-order chi connectivity index (χ1) is 48.3. The summed E-state index contributed by atoms with van der Waals surface area (Å²) >= 11 is 0. The zero-order valence-electron chi connectivity index (χ0n) is 59.6. The molecule has 7 heterocycles. The van der Waals surface area contributed by atoms with Crippen LogP contribution in [0.25, 0.3) is 0 Å². The molecule has 0 bridgehead atoms. The molecule has 4 saturated carbocycles. The second-order valence-corrected chi connectivity index (χ2v) is 33.2. The number of aliphatic hydroxyl groups is 17. The molecular weight excluding hydrogens is 1370 g/mol. The second-order valence-electron chi connectivity index (χ2n) is 33.2. The van der Waals surface area contributed by atoms with Crippen LogP contribution >= 0.6 is 0 Å². The van der Waals surface area contributed by atoms with Crippen LogP contribution < -0.4 is 0 Å². The van der Waals surface area contributed by atoms with Gasteiger partial charge in [-0.25, -0.2) is 4.79 Å². The van der Waals surface area contributed by atoms with Crippen molar-refractivity contribution in [2.75, 3.05) is 33.5 Å². The number of hydrogen-bond donors (Lipinski definition) is 17. The Morgan fingerprint density at radius 2 is 0.951 bits per heavy atom. The lowest BCUT2D eigenvalue weighted by atomic mass is 9.33. The van der Waals surface area contributed by atoms with Gasteiger partial charge in [0, 0.05) is 0 Å². The average molecular weight is 1480 g/mol. The van der Waals surface area contributed by atoms with Gasteiger partial charge in [-0.2, -0.15) is 0 Å². The van der Waals surface area contributed by atoms with E-state index in [0.29, 0.717) is 44.9 Å². The summed E-state index contributed by atoms with van der Waals surface area (Å²) in [4.78, 5) is 29.2. The van der Waals surface area contributed by atoms with Crippen LogP contribution in [0.15, 0.2) is 11.6 Å². The first-order valence-electron chi connectivity index (χ1n) is 36.2. The van der Waals surface area contributed by atoms with Crippen LogP contribution in [0.5, 0.6) is 0 Å². The fourth-order valence-corrected chi connectivity index (χ4v) is 20.0. The number of aliphatic hydroxyl groups excluding tert-OH is 17. The minimum atomic E-state index is -2.09. The third-order valence-electron chi connectivity index (χ3n) is 26.3. The van der Waals surface area contributed by atoms with Gasteiger partial charge in [0.1, 0.15) is 127 Å². The summed E-state index contributed by atoms with van der Waals surface area (Å²) in [5.41, 5.74) is -3.28. The Labute approximate surface area is 595 Å².